The third-order valence-electron chi connectivity index (χ3n) is 3.27. The summed E-state index contributed by atoms with van der Waals surface area (Å²) in [5.41, 5.74) is 1.76. The van der Waals surface area contributed by atoms with Crippen molar-refractivity contribution < 1.29 is 9.59 Å². The van der Waals surface area contributed by atoms with E-state index in [0.29, 0.717) is 6.42 Å². The molecule has 0 atom stereocenters. The van der Waals surface area contributed by atoms with Gasteiger partial charge in [0.25, 0.3) is 0 Å². The second kappa shape index (κ2) is 7.39. The molecule has 3 nitrogen and oxygen atoms in total. The van der Waals surface area contributed by atoms with E-state index in [1.807, 2.05) is 67.6 Å². The minimum atomic E-state index is -0.465. The van der Waals surface area contributed by atoms with Crippen LogP contribution in [0.2, 0.25) is 0 Å². The van der Waals surface area contributed by atoms with E-state index in [4.69, 9.17) is 0 Å². The molecule has 2 amide bonds. The molecule has 0 aliphatic heterocycles. The number of carbonyl (C=O) groups is 2. The lowest BCUT2D eigenvalue weighted by atomic mass is 9.90. The Bertz CT molecular complexity index is 554. The molecule has 0 bridgehead atoms. The average molecular weight is 281 g/mol. The molecule has 2 rings (SSSR count). The molecule has 21 heavy (non-hydrogen) atoms. The first-order chi connectivity index (χ1) is 10.2. The van der Waals surface area contributed by atoms with Crippen molar-refractivity contribution in [3.8, 4) is 0 Å². The molecule has 0 radical (unpaired) electrons. The molecule has 0 unspecified atom stereocenters. The van der Waals surface area contributed by atoms with Gasteiger partial charge in [0.1, 0.15) is 0 Å². The number of benzene rings is 2. The normalized spacial score (nSPS) is 10.4. The molecule has 108 valence electrons. The summed E-state index contributed by atoms with van der Waals surface area (Å²) >= 11 is 0. The van der Waals surface area contributed by atoms with Crippen molar-refractivity contribution in [1.82, 2.24) is 5.32 Å². The first-order valence-electron chi connectivity index (χ1n) is 7.16. The van der Waals surface area contributed by atoms with Crippen LogP contribution in [-0.2, 0) is 9.59 Å². The van der Waals surface area contributed by atoms with Crippen molar-refractivity contribution >= 4 is 11.8 Å². The van der Waals surface area contributed by atoms with Crippen LogP contribution in [0.5, 0.6) is 0 Å². The summed E-state index contributed by atoms with van der Waals surface area (Å²) in [7, 11) is 0. The molecular formula is C18H19NO2. The molecule has 0 heterocycles. The predicted molar refractivity (Wildman–Crippen MR) is 82.8 cm³/mol. The van der Waals surface area contributed by atoms with E-state index in [9.17, 15) is 9.59 Å². The second-order valence-corrected chi connectivity index (χ2v) is 4.92. The summed E-state index contributed by atoms with van der Waals surface area (Å²) in [6.45, 7) is 1.91. The average Bonchev–Trinajstić information content (AvgIpc) is 2.50. The molecule has 0 fully saturated rings. The van der Waals surface area contributed by atoms with Crippen molar-refractivity contribution in [2.45, 2.75) is 25.7 Å². The van der Waals surface area contributed by atoms with Gasteiger partial charge in [0.05, 0.1) is 5.92 Å². The Hall–Kier alpha value is -2.42. The highest BCUT2D eigenvalue weighted by Gasteiger charge is 2.23. The Morgan fingerprint density at radius 1 is 0.905 bits per heavy atom. The highest BCUT2D eigenvalue weighted by Crippen LogP contribution is 2.24. The van der Waals surface area contributed by atoms with Crippen molar-refractivity contribution in [3.05, 3.63) is 71.8 Å². The number of rotatable bonds is 5. The van der Waals surface area contributed by atoms with E-state index < -0.39 is 5.92 Å². The molecule has 0 aliphatic rings. The van der Waals surface area contributed by atoms with E-state index in [1.165, 1.54) is 0 Å². The topological polar surface area (TPSA) is 46.2 Å². The zero-order chi connectivity index (χ0) is 15.1. The molecule has 2 aromatic carbocycles. The molecule has 3 heteroatoms. The molecule has 0 saturated carbocycles. The van der Waals surface area contributed by atoms with E-state index in [1.54, 1.807) is 0 Å². The third-order valence-corrected chi connectivity index (χ3v) is 3.27. The number of hydrogen-bond acceptors (Lipinski definition) is 2. The smallest absolute Gasteiger partial charge is 0.238 e. The minimum Gasteiger partial charge on any atom is -0.296 e. The summed E-state index contributed by atoms with van der Waals surface area (Å²) in [5.74, 6) is -0.960. The Morgan fingerprint density at radius 2 is 1.38 bits per heavy atom. The number of hydrogen-bond donors (Lipinski definition) is 1. The summed E-state index contributed by atoms with van der Waals surface area (Å²) in [6, 6.07) is 19.0. The van der Waals surface area contributed by atoms with Gasteiger partial charge < -0.3 is 0 Å². The highest BCUT2D eigenvalue weighted by atomic mass is 16.2. The molecular weight excluding hydrogens is 262 g/mol. The molecule has 2 aromatic rings. The fourth-order valence-corrected chi connectivity index (χ4v) is 2.29. The fraction of sp³-hybridized carbons (Fsp3) is 0.222. The van der Waals surface area contributed by atoms with E-state index >= 15 is 0 Å². The van der Waals surface area contributed by atoms with Crippen molar-refractivity contribution in [2.75, 3.05) is 0 Å². The van der Waals surface area contributed by atoms with E-state index in [-0.39, 0.29) is 11.8 Å². The van der Waals surface area contributed by atoms with Crippen molar-refractivity contribution in [1.29, 1.82) is 0 Å². The Kier molecular flexibility index (Phi) is 5.27. The van der Waals surface area contributed by atoms with Crippen LogP contribution < -0.4 is 5.32 Å². The van der Waals surface area contributed by atoms with Gasteiger partial charge in [0.15, 0.2) is 0 Å². The van der Waals surface area contributed by atoms with Gasteiger partial charge in [-0.2, -0.15) is 0 Å². The lowest BCUT2D eigenvalue weighted by Crippen LogP contribution is -2.34. The summed E-state index contributed by atoms with van der Waals surface area (Å²) in [4.78, 5) is 24.2. The van der Waals surface area contributed by atoms with Crippen LogP contribution in [0, 0.1) is 0 Å². The lowest BCUT2D eigenvalue weighted by Gasteiger charge is -2.17. The van der Waals surface area contributed by atoms with Crippen LogP contribution in [0.15, 0.2) is 60.7 Å². The maximum Gasteiger partial charge on any atom is 0.238 e. The molecule has 1 N–H and O–H groups in total. The van der Waals surface area contributed by atoms with Crippen molar-refractivity contribution in [2.24, 2.45) is 0 Å². The summed E-state index contributed by atoms with van der Waals surface area (Å²) in [6.07, 6.45) is 1.09. The first-order valence-corrected chi connectivity index (χ1v) is 7.16. The third kappa shape index (κ3) is 4.02. The highest BCUT2D eigenvalue weighted by molar-refractivity contribution is 5.99. The number of imide groups is 1. The fourth-order valence-electron chi connectivity index (χ4n) is 2.29. The standard InChI is InChI=1S/C18H19NO2/c1-2-9-16(20)19-18(21)17(14-10-5-3-6-11-14)15-12-7-4-8-13-15/h3-8,10-13,17H,2,9H2,1H3,(H,19,20,21). The van der Waals surface area contributed by atoms with Gasteiger partial charge in [-0.1, -0.05) is 67.6 Å². The Labute approximate surface area is 125 Å². The van der Waals surface area contributed by atoms with Gasteiger partial charge in [-0.15, -0.1) is 0 Å². The van der Waals surface area contributed by atoms with Crippen molar-refractivity contribution in [3.63, 3.8) is 0 Å². The van der Waals surface area contributed by atoms with Gasteiger partial charge in [-0.3, -0.25) is 14.9 Å². The minimum absolute atomic E-state index is 0.223. The van der Waals surface area contributed by atoms with Crippen LogP contribution in [0.3, 0.4) is 0 Å². The van der Waals surface area contributed by atoms with Gasteiger partial charge in [0.2, 0.25) is 11.8 Å². The predicted octanol–water partition coefficient (Wildman–Crippen LogP) is 3.26. The van der Waals surface area contributed by atoms with Crippen LogP contribution >= 0.6 is 0 Å². The summed E-state index contributed by atoms with van der Waals surface area (Å²) in [5, 5.41) is 2.50. The van der Waals surface area contributed by atoms with Gasteiger partial charge in [0, 0.05) is 6.42 Å². The molecule has 0 saturated heterocycles. The van der Waals surface area contributed by atoms with Gasteiger partial charge in [-0.05, 0) is 17.5 Å². The monoisotopic (exact) mass is 281 g/mol. The van der Waals surface area contributed by atoms with Crippen LogP contribution in [0.25, 0.3) is 0 Å². The van der Waals surface area contributed by atoms with Crippen LogP contribution in [0.4, 0.5) is 0 Å². The second-order valence-electron chi connectivity index (χ2n) is 4.92. The quantitative estimate of drug-likeness (QED) is 0.914. The van der Waals surface area contributed by atoms with Crippen LogP contribution in [-0.4, -0.2) is 11.8 Å². The first kappa shape index (κ1) is 15.0. The Morgan fingerprint density at radius 3 is 1.81 bits per heavy atom. The maximum absolute atomic E-state index is 12.5. The number of amides is 2. The zero-order valence-electron chi connectivity index (χ0n) is 12.1. The Balaban J connectivity index is 2.29. The van der Waals surface area contributed by atoms with Crippen LogP contribution in [0.1, 0.15) is 36.8 Å². The number of carbonyl (C=O) groups excluding carboxylic acids is 2. The maximum atomic E-state index is 12.5. The zero-order valence-corrected chi connectivity index (χ0v) is 12.1. The van der Waals surface area contributed by atoms with E-state index in [2.05, 4.69) is 5.32 Å². The lowest BCUT2D eigenvalue weighted by molar-refractivity contribution is -0.130. The molecule has 0 spiro atoms. The molecule has 0 aliphatic carbocycles. The SMILES string of the molecule is CCCC(=O)NC(=O)C(c1ccccc1)c1ccccc1. The number of nitrogens with one attached hydrogen (secondary N) is 1. The van der Waals surface area contributed by atoms with Gasteiger partial charge in [-0.25, -0.2) is 0 Å². The summed E-state index contributed by atoms with van der Waals surface area (Å²) < 4.78 is 0. The van der Waals surface area contributed by atoms with E-state index in [0.717, 1.165) is 17.5 Å². The van der Waals surface area contributed by atoms with Gasteiger partial charge >= 0.3 is 0 Å². The molecule has 0 aromatic heterocycles. The largest absolute Gasteiger partial charge is 0.296 e.